The summed E-state index contributed by atoms with van der Waals surface area (Å²) in [5.74, 6) is 1.24. The van der Waals surface area contributed by atoms with Gasteiger partial charge in [-0.1, -0.05) is 13.3 Å². The molecule has 2 aliphatic carbocycles. The van der Waals surface area contributed by atoms with Crippen LogP contribution in [0.1, 0.15) is 51.1 Å². The maximum Gasteiger partial charge on any atom is 0.195 e. The molecule has 0 aromatic carbocycles. The molecule has 21 heavy (non-hydrogen) atoms. The van der Waals surface area contributed by atoms with Crippen LogP contribution in [0.5, 0.6) is 0 Å². The van der Waals surface area contributed by atoms with Crippen LogP contribution in [0.4, 0.5) is 5.82 Å². The number of hydrogen-bond donors (Lipinski definition) is 1. The fourth-order valence-electron chi connectivity index (χ4n) is 2.92. The molecule has 0 radical (unpaired) electrons. The van der Waals surface area contributed by atoms with Crippen LogP contribution in [0.3, 0.4) is 0 Å². The van der Waals surface area contributed by atoms with Crippen molar-refractivity contribution in [2.45, 2.75) is 64.1 Å². The summed E-state index contributed by atoms with van der Waals surface area (Å²) in [6.45, 7) is 4.38. The molecule has 1 N–H and O–H groups in total. The van der Waals surface area contributed by atoms with E-state index in [1.165, 1.54) is 50.0 Å². The van der Waals surface area contributed by atoms with E-state index in [9.17, 15) is 0 Å². The lowest BCUT2D eigenvalue weighted by molar-refractivity contribution is 0.657. The standard InChI is InChI=1S/C16H24N4S/c1-2-3-8-19(13-6-7-13)15-14(11-17-12-4-5-12)20-9-10-21-16(20)18-15/h9-10,12-13,17H,2-8,11H2,1H3. The molecule has 0 saturated heterocycles. The molecule has 0 amide bonds. The van der Waals surface area contributed by atoms with E-state index in [1.807, 2.05) is 0 Å². The predicted molar refractivity (Wildman–Crippen MR) is 88.2 cm³/mol. The number of unbranched alkanes of at least 4 members (excludes halogenated alkanes) is 1. The molecule has 0 atom stereocenters. The van der Waals surface area contributed by atoms with E-state index in [0.29, 0.717) is 0 Å². The van der Waals surface area contributed by atoms with Crippen LogP contribution in [0.25, 0.3) is 4.96 Å². The van der Waals surface area contributed by atoms with E-state index in [2.05, 4.69) is 33.1 Å². The minimum Gasteiger partial charge on any atom is -0.352 e. The van der Waals surface area contributed by atoms with Crippen molar-refractivity contribution in [1.29, 1.82) is 0 Å². The second kappa shape index (κ2) is 5.61. The first kappa shape index (κ1) is 13.6. The van der Waals surface area contributed by atoms with Gasteiger partial charge >= 0.3 is 0 Å². The summed E-state index contributed by atoms with van der Waals surface area (Å²) in [5, 5.41) is 5.81. The number of hydrogen-bond acceptors (Lipinski definition) is 4. The number of aromatic nitrogens is 2. The van der Waals surface area contributed by atoms with Crippen LogP contribution in [-0.4, -0.2) is 28.0 Å². The van der Waals surface area contributed by atoms with Gasteiger partial charge in [0.2, 0.25) is 0 Å². The highest BCUT2D eigenvalue weighted by atomic mass is 32.1. The first-order valence-electron chi connectivity index (χ1n) is 8.31. The van der Waals surface area contributed by atoms with E-state index in [-0.39, 0.29) is 0 Å². The van der Waals surface area contributed by atoms with Gasteiger partial charge in [0.1, 0.15) is 0 Å². The Bertz CT molecular complexity index is 609. The maximum atomic E-state index is 4.95. The van der Waals surface area contributed by atoms with Gasteiger partial charge in [0.25, 0.3) is 0 Å². The van der Waals surface area contributed by atoms with Gasteiger partial charge in [0, 0.05) is 36.8 Å². The summed E-state index contributed by atoms with van der Waals surface area (Å²) in [5.41, 5.74) is 1.36. The molecule has 0 aliphatic heterocycles. The fraction of sp³-hybridized carbons (Fsp3) is 0.688. The summed E-state index contributed by atoms with van der Waals surface area (Å²) in [4.78, 5) is 8.67. The van der Waals surface area contributed by atoms with Gasteiger partial charge in [-0.2, -0.15) is 0 Å². The Kier molecular flexibility index (Phi) is 3.63. The number of nitrogens with one attached hydrogen (secondary N) is 1. The van der Waals surface area contributed by atoms with E-state index < -0.39 is 0 Å². The fourth-order valence-corrected chi connectivity index (χ4v) is 3.65. The molecule has 4 nitrogen and oxygen atoms in total. The number of imidazole rings is 1. The molecule has 114 valence electrons. The summed E-state index contributed by atoms with van der Waals surface area (Å²) in [6.07, 6.45) is 10.0. The average Bonchev–Trinajstić information content (AvgIpc) is 3.39. The molecular weight excluding hydrogens is 280 g/mol. The zero-order valence-electron chi connectivity index (χ0n) is 12.7. The zero-order chi connectivity index (χ0) is 14.2. The van der Waals surface area contributed by atoms with E-state index in [0.717, 1.165) is 30.1 Å². The topological polar surface area (TPSA) is 32.6 Å². The van der Waals surface area contributed by atoms with Crippen molar-refractivity contribution in [3.63, 3.8) is 0 Å². The molecule has 0 unspecified atom stereocenters. The van der Waals surface area contributed by atoms with Crippen molar-refractivity contribution in [1.82, 2.24) is 14.7 Å². The summed E-state index contributed by atoms with van der Waals surface area (Å²) >= 11 is 1.74. The smallest absolute Gasteiger partial charge is 0.195 e. The molecule has 2 saturated carbocycles. The third kappa shape index (κ3) is 2.81. The van der Waals surface area contributed by atoms with Gasteiger partial charge in [0.15, 0.2) is 10.8 Å². The average molecular weight is 304 g/mol. The van der Waals surface area contributed by atoms with Crippen molar-refractivity contribution < 1.29 is 0 Å². The number of fused-ring (bicyclic) bond motifs is 1. The predicted octanol–water partition coefficient (Wildman–Crippen LogP) is 3.42. The lowest BCUT2D eigenvalue weighted by Crippen LogP contribution is -2.29. The molecule has 2 aliphatic rings. The SMILES string of the molecule is CCCCN(c1nc2sccn2c1CNC1CC1)C1CC1. The maximum absolute atomic E-state index is 4.95. The van der Waals surface area contributed by atoms with Gasteiger partial charge in [-0.15, -0.1) is 11.3 Å². The van der Waals surface area contributed by atoms with Gasteiger partial charge in [0.05, 0.1) is 5.69 Å². The third-order valence-electron chi connectivity index (χ3n) is 4.49. The minimum atomic E-state index is 0.737. The molecule has 4 rings (SSSR count). The van der Waals surface area contributed by atoms with Crippen molar-refractivity contribution in [3.05, 3.63) is 17.3 Å². The Hall–Kier alpha value is -1.07. The van der Waals surface area contributed by atoms with Crippen molar-refractivity contribution >= 4 is 22.1 Å². The Balaban J connectivity index is 1.63. The van der Waals surface area contributed by atoms with Gasteiger partial charge < -0.3 is 10.2 Å². The highest BCUT2D eigenvalue weighted by molar-refractivity contribution is 7.15. The number of rotatable bonds is 8. The van der Waals surface area contributed by atoms with Crippen molar-refractivity contribution in [2.75, 3.05) is 11.4 Å². The number of nitrogens with zero attached hydrogens (tertiary/aromatic N) is 3. The van der Waals surface area contributed by atoms with Crippen LogP contribution in [-0.2, 0) is 6.54 Å². The Morgan fingerprint density at radius 2 is 2.24 bits per heavy atom. The highest BCUT2D eigenvalue weighted by Crippen LogP contribution is 2.35. The second-order valence-electron chi connectivity index (χ2n) is 6.37. The highest BCUT2D eigenvalue weighted by Gasteiger charge is 2.32. The Morgan fingerprint density at radius 3 is 2.95 bits per heavy atom. The molecule has 5 heteroatoms. The normalized spacial score (nSPS) is 18.5. The molecule has 0 spiro atoms. The second-order valence-corrected chi connectivity index (χ2v) is 7.24. The number of anilines is 1. The largest absolute Gasteiger partial charge is 0.352 e. The molecule has 0 bridgehead atoms. The summed E-state index contributed by atoms with van der Waals surface area (Å²) in [6, 6.07) is 1.48. The van der Waals surface area contributed by atoms with Crippen molar-refractivity contribution in [3.8, 4) is 0 Å². The van der Waals surface area contributed by atoms with E-state index in [1.54, 1.807) is 11.3 Å². The van der Waals surface area contributed by atoms with Gasteiger partial charge in [-0.25, -0.2) is 4.98 Å². The Labute approximate surface area is 130 Å². The van der Waals surface area contributed by atoms with Crippen LogP contribution >= 0.6 is 11.3 Å². The summed E-state index contributed by atoms with van der Waals surface area (Å²) < 4.78 is 2.29. The quantitative estimate of drug-likeness (QED) is 0.811. The molecule has 2 aromatic rings. The van der Waals surface area contributed by atoms with Crippen LogP contribution in [0.2, 0.25) is 0 Å². The lowest BCUT2D eigenvalue weighted by Gasteiger charge is -2.23. The van der Waals surface area contributed by atoms with Crippen molar-refractivity contribution in [2.24, 2.45) is 0 Å². The lowest BCUT2D eigenvalue weighted by atomic mass is 10.3. The van der Waals surface area contributed by atoms with Crippen LogP contribution in [0.15, 0.2) is 11.6 Å². The van der Waals surface area contributed by atoms with Crippen LogP contribution in [0, 0.1) is 0 Å². The van der Waals surface area contributed by atoms with E-state index in [4.69, 9.17) is 4.98 Å². The molecule has 2 heterocycles. The molecule has 2 fully saturated rings. The van der Waals surface area contributed by atoms with Gasteiger partial charge in [-0.05, 0) is 32.1 Å². The monoisotopic (exact) mass is 304 g/mol. The molecular formula is C16H24N4S. The third-order valence-corrected chi connectivity index (χ3v) is 5.24. The minimum absolute atomic E-state index is 0.737. The zero-order valence-corrected chi connectivity index (χ0v) is 13.5. The van der Waals surface area contributed by atoms with Crippen LogP contribution < -0.4 is 10.2 Å². The van der Waals surface area contributed by atoms with E-state index >= 15 is 0 Å². The first-order chi connectivity index (χ1) is 10.4. The first-order valence-corrected chi connectivity index (χ1v) is 9.19. The number of thiazole rings is 1. The molecule has 2 aromatic heterocycles. The Morgan fingerprint density at radius 1 is 1.38 bits per heavy atom. The van der Waals surface area contributed by atoms with Gasteiger partial charge in [-0.3, -0.25) is 4.40 Å². The summed E-state index contributed by atoms with van der Waals surface area (Å²) in [7, 11) is 0.